The summed E-state index contributed by atoms with van der Waals surface area (Å²) in [5.74, 6) is 0.663. The van der Waals surface area contributed by atoms with E-state index < -0.39 is 0 Å². The Kier molecular flexibility index (Phi) is 3.69. The molecule has 8 heteroatoms. The number of benzene rings is 1. The Morgan fingerprint density at radius 2 is 1.65 bits per heavy atom. The molecule has 4 aromatic rings. The number of imidazole rings is 2. The Hall–Kier alpha value is -2.61. The second-order valence-electron chi connectivity index (χ2n) is 6.51. The Balaban J connectivity index is 2.06. The molecule has 0 aliphatic carbocycles. The summed E-state index contributed by atoms with van der Waals surface area (Å²) < 4.78 is 7.49. The Bertz CT molecular complexity index is 1290. The lowest BCUT2D eigenvalue weighted by Crippen LogP contribution is -2.37. The summed E-state index contributed by atoms with van der Waals surface area (Å²) in [7, 11) is 3.13. The van der Waals surface area contributed by atoms with Crippen LogP contribution in [0.15, 0.2) is 38.3 Å². The van der Waals surface area contributed by atoms with Crippen molar-refractivity contribution in [1.29, 1.82) is 0 Å². The van der Waals surface area contributed by atoms with Gasteiger partial charge in [-0.3, -0.25) is 18.3 Å². The number of hydrogen-bond acceptors (Lipinski definition) is 3. The summed E-state index contributed by atoms with van der Waals surface area (Å²) in [6, 6.07) is 8.10. The second kappa shape index (κ2) is 5.70. The highest BCUT2D eigenvalue weighted by Gasteiger charge is 2.21. The van der Waals surface area contributed by atoms with Crippen LogP contribution in [0.2, 0.25) is 0 Å². The van der Waals surface area contributed by atoms with Gasteiger partial charge in [0.2, 0.25) is 5.78 Å². The lowest BCUT2D eigenvalue weighted by atomic mass is 10.2. The van der Waals surface area contributed by atoms with Gasteiger partial charge in [0.25, 0.3) is 5.56 Å². The van der Waals surface area contributed by atoms with Crippen LogP contribution in [0.3, 0.4) is 0 Å². The standard InChI is InChI=1S/C18H18BrN5O2/c1-10-11(2)24-14-15(21(3)18(26)22(4)16(14)25)20-17(24)23(10)9-12-5-7-13(19)8-6-12/h5-8H,9H2,1-4H3. The fourth-order valence-corrected chi connectivity index (χ4v) is 3.62. The van der Waals surface area contributed by atoms with E-state index >= 15 is 0 Å². The van der Waals surface area contributed by atoms with Gasteiger partial charge in [-0.15, -0.1) is 0 Å². The van der Waals surface area contributed by atoms with Gasteiger partial charge in [0.1, 0.15) is 0 Å². The molecule has 0 bridgehead atoms. The molecule has 0 saturated heterocycles. The van der Waals surface area contributed by atoms with Crippen molar-refractivity contribution in [3.05, 3.63) is 66.5 Å². The summed E-state index contributed by atoms with van der Waals surface area (Å²) in [5.41, 5.74) is 3.23. The third-order valence-corrected chi connectivity index (χ3v) is 5.53. The molecule has 0 fully saturated rings. The largest absolute Gasteiger partial charge is 0.332 e. The van der Waals surface area contributed by atoms with E-state index in [-0.39, 0.29) is 11.2 Å². The minimum Gasteiger partial charge on any atom is -0.309 e. The van der Waals surface area contributed by atoms with Crippen LogP contribution in [0.4, 0.5) is 0 Å². The molecule has 0 radical (unpaired) electrons. The SMILES string of the molecule is Cc1c(C)n2c3c(=O)n(C)c(=O)n(C)c3nc2n1Cc1ccc(Br)cc1. The molecule has 0 aliphatic rings. The molecule has 0 spiro atoms. The summed E-state index contributed by atoms with van der Waals surface area (Å²) in [4.78, 5) is 29.6. The highest BCUT2D eigenvalue weighted by Crippen LogP contribution is 2.22. The van der Waals surface area contributed by atoms with E-state index in [2.05, 4.69) is 25.5 Å². The van der Waals surface area contributed by atoms with Crippen molar-refractivity contribution in [2.45, 2.75) is 20.4 Å². The van der Waals surface area contributed by atoms with E-state index in [1.54, 1.807) is 7.05 Å². The first kappa shape index (κ1) is 16.8. The van der Waals surface area contributed by atoms with Crippen molar-refractivity contribution in [2.75, 3.05) is 0 Å². The van der Waals surface area contributed by atoms with Crippen molar-refractivity contribution in [2.24, 2.45) is 14.1 Å². The van der Waals surface area contributed by atoms with E-state index in [9.17, 15) is 9.59 Å². The maximum Gasteiger partial charge on any atom is 0.332 e. The maximum atomic E-state index is 12.7. The number of nitrogens with zero attached hydrogens (tertiary/aromatic N) is 5. The fraction of sp³-hybridized carbons (Fsp3) is 0.278. The topological polar surface area (TPSA) is 66.2 Å². The van der Waals surface area contributed by atoms with Gasteiger partial charge in [-0.1, -0.05) is 28.1 Å². The van der Waals surface area contributed by atoms with Crippen LogP contribution in [0.1, 0.15) is 17.0 Å². The van der Waals surface area contributed by atoms with E-state index in [0.29, 0.717) is 23.5 Å². The third-order valence-electron chi connectivity index (χ3n) is 5.00. The van der Waals surface area contributed by atoms with Crippen molar-refractivity contribution in [3.8, 4) is 0 Å². The smallest absolute Gasteiger partial charge is 0.309 e. The Morgan fingerprint density at radius 1 is 1.00 bits per heavy atom. The molecule has 4 rings (SSSR count). The molecule has 3 aromatic heterocycles. The van der Waals surface area contributed by atoms with Crippen molar-refractivity contribution in [3.63, 3.8) is 0 Å². The van der Waals surface area contributed by atoms with Crippen LogP contribution in [0, 0.1) is 13.8 Å². The molecule has 0 atom stereocenters. The zero-order valence-electron chi connectivity index (χ0n) is 14.9. The van der Waals surface area contributed by atoms with Gasteiger partial charge in [0, 0.05) is 30.0 Å². The quantitative estimate of drug-likeness (QED) is 0.503. The highest BCUT2D eigenvalue weighted by molar-refractivity contribution is 9.10. The van der Waals surface area contributed by atoms with Crippen LogP contribution < -0.4 is 11.2 Å². The van der Waals surface area contributed by atoms with Crippen LogP contribution in [-0.2, 0) is 20.6 Å². The predicted molar refractivity (Wildman–Crippen MR) is 104 cm³/mol. The van der Waals surface area contributed by atoms with Crippen molar-refractivity contribution < 1.29 is 0 Å². The van der Waals surface area contributed by atoms with Gasteiger partial charge in [0.05, 0.1) is 6.54 Å². The maximum absolute atomic E-state index is 12.7. The highest BCUT2D eigenvalue weighted by atomic mass is 79.9. The molecule has 26 heavy (non-hydrogen) atoms. The summed E-state index contributed by atoms with van der Waals surface area (Å²) >= 11 is 3.45. The number of halogens is 1. The molecular formula is C18H18BrN5O2. The van der Waals surface area contributed by atoms with Crippen molar-refractivity contribution in [1.82, 2.24) is 23.1 Å². The predicted octanol–water partition coefficient (Wildman–Crippen LogP) is 2.11. The van der Waals surface area contributed by atoms with Gasteiger partial charge in [-0.25, -0.2) is 4.79 Å². The van der Waals surface area contributed by atoms with Gasteiger partial charge in [-0.2, -0.15) is 4.98 Å². The van der Waals surface area contributed by atoms with E-state index in [4.69, 9.17) is 0 Å². The van der Waals surface area contributed by atoms with Crippen LogP contribution in [-0.4, -0.2) is 23.1 Å². The Labute approximate surface area is 157 Å². The van der Waals surface area contributed by atoms with Gasteiger partial charge in [-0.05, 0) is 31.5 Å². The molecule has 134 valence electrons. The zero-order chi connectivity index (χ0) is 18.7. The first-order chi connectivity index (χ1) is 12.3. The number of aryl methyl sites for hydroxylation is 2. The third kappa shape index (κ3) is 2.21. The Morgan fingerprint density at radius 3 is 2.31 bits per heavy atom. The number of fused-ring (bicyclic) bond motifs is 3. The average molecular weight is 416 g/mol. The molecular weight excluding hydrogens is 398 g/mol. The molecule has 0 amide bonds. The average Bonchev–Trinajstić information content (AvgIpc) is 3.12. The van der Waals surface area contributed by atoms with E-state index in [0.717, 1.165) is 26.0 Å². The molecule has 0 unspecified atom stereocenters. The lowest BCUT2D eigenvalue weighted by molar-refractivity contribution is 0.707. The molecule has 0 aliphatic heterocycles. The molecule has 0 saturated carbocycles. The number of hydrogen-bond donors (Lipinski definition) is 0. The van der Waals surface area contributed by atoms with Gasteiger partial charge >= 0.3 is 5.69 Å². The summed E-state index contributed by atoms with van der Waals surface area (Å²) in [6.07, 6.45) is 0. The second-order valence-corrected chi connectivity index (χ2v) is 7.42. The first-order valence-corrected chi connectivity index (χ1v) is 8.99. The normalized spacial score (nSPS) is 11.7. The number of aromatic nitrogens is 5. The minimum absolute atomic E-state index is 0.334. The van der Waals surface area contributed by atoms with Crippen molar-refractivity contribution >= 4 is 32.9 Å². The molecule has 7 nitrogen and oxygen atoms in total. The van der Waals surface area contributed by atoms with E-state index in [1.165, 1.54) is 11.6 Å². The van der Waals surface area contributed by atoms with Gasteiger partial charge in [0.15, 0.2) is 11.2 Å². The van der Waals surface area contributed by atoms with Crippen LogP contribution in [0.5, 0.6) is 0 Å². The van der Waals surface area contributed by atoms with Crippen LogP contribution >= 0.6 is 15.9 Å². The molecule has 1 aromatic carbocycles. The number of rotatable bonds is 2. The zero-order valence-corrected chi connectivity index (χ0v) is 16.5. The van der Waals surface area contributed by atoms with Gasteiger partial charge < -0.3 is 4.57 Å². The molecule has 0 N–H and O–H groups in total. The van der Waals surface area contributed by atoms with E-state index in [1.807, 2.05) is 42.5 Å². The first-order valence-electron chi connectivity index (χ1n) is 8.19. The summed E-state index contributed by atoms with van der Waals surface area (Å²) in [6.45, 7) is 4.61. The summed E-state index contributed by atoms with van der Waals surface area (Å²) in [5, 5.41) is 0. The minimum atomic E-state index is -0.378. The van der Waals surface area contributed by atoms with Crippen LogP contribution in [0.25, 0.3) is 16.9 Å². The lowest BCUT2D eigenvalue weighted by Gasteiger charge is -2.07. The fourth-order valence-electron chi connectivity index (χ4n) is 3.35. The monoisotopic (exact) mass is 415 g/mol. The molecule has 3 heterocycles.